The lowest BCUT2D eigenvalue weighted by Crippen LogP contribution is -2.26. The van der Waals surface area contributed by atoms with Crippen LogP contribution in [0.5, 0.6) is 0 Å². The highest BCUT2D eigenvalue weighted by molar-refractivity contribution is 4.97. The van der Waals surface area contributed by atoms with Crippen molar-refractivity contribution in [2.24, 2.45) is 11.8 Å². The van der Waals surface area contributed by atoms with Crippen molar-refractivity contribution in [3.63, 3.8) is 0 Å². The van der Waals surface area contributed by atoms with Crippen LogP contribution in [0.2, 0.25) is 0 Å². The van der Waals surface area contributed by atoms with Gasteiger partial charge in [0, 0.05) is 0 Å². The van der Waals surface area contributed by atoms with Gasteiger partial charge in [-0.05, 0) is 25.2 Å². The quantitative estimate of drug-likeness (QED) is 0.539. The zero-order chi connectivity index (χ0) is 9.19. The summed E-state index contributed by atoms with van der Waals surface area (Å²) in [5, 5.41) is 0. The van der Waals surface area contributed by atoms with Gasteiger partial charge in [-0.25, -0.2) is 0 Å². The summed E-state index contributed by atoms with van der Waals surface area (Å²) in [6.07, 6.45) is 0.815. The van der Waals surface area contributed by atoms with Gasteiger partial charge in [-0.1, -0.05) is 19.1 Å². The number of halogens is 3. The Morgan fingerprint density at radius 3 is 2.58 bits per heavy atom. The minimum atomic E-state index is -4.00. The second-order valence-corrected chi connectivity index (χ2v) is 3.31. The maximum atomic E-state index is 12.2. The topological polar surface area (TPSA) is 0 Å². The van der Waals surface area contributed by atoms with Gasteiger partial charge < -0.3 is 0 Å². The molecule has 0 heterocycles. The van der Waals surface area contributed by atoms with Crippen LogP contribution in [-0.2, 0) is 0 Å². The molecule has 0 N–H and O–H groups in total. The van der Waals surface area contributed by atoms with Crippen molar-refractivity contribution < 1.29 is 13.2 Å². The van der Waals surface area contributed by atoms with E-state index in [-0.39, 0.29) is 18.8 Å². The van der Waals surface area contributed by atoms with E-state index in [2.05, 4.69) is 0 Å². The maximum absolute atomic E-state index is 12.2. The Morgan fingerprint density at radius 2 is 2.08 bits per heavy atom. The van der Waals surface area contributed by atoms with Crippen LogP contribution in [0.4, 0.5) is 13.2 Å². The minimum absolute atomic E-state index is 0.130. The molecular weight excluding hydrogens is 165 g/mol. The first-order valence-electron chi connectivity index (χ1n) is 4.27. The molecule has 0 saturated carbocycles. The number of hydrogen-bond donors (Lipinski definition) is 0. The summed E-state index contributed by atoms with van der Waals surface area (Å²) in [6, 6.07) is 0. The van der Waals surface area contributed by atoms with E-state index < -0.39 is 12.1 Å². The van der Waals surface area contributed by atoms with Crippen molar-refractivity contribution >= 4 is 0 Å². The predicted octanol–water partition coefficient (Wildman–Crippen LogP) is 3.54. The van der Waals surface area contributed by atoms with E-state index in [9.17, 15) is 13.2 Å². The molecule has 0 aromatic rings. The molecule has 70 valence electrons. The Bertz CT molecular complexity index is 169. The second kappa shape index (κ2) is 3.50. The number of rotatable bonds is 1. The summed E-state index contributed by atoms with van der Waals surface area (Å²) < 4.78 is 36.7. The van der Waals surface area contributed by atoms with Crippen LogP contribution < -0.4 is 0 Å². The van der Waals surface area contributed by atoms with Gasteiger partial charge in [-0.2, -0.15) is 13.2 Å². The van der Waals surface area contributed by atoms with Gasteiger partial charge in [-0.3, -0.25) is 0 Å². The largest absolute Gasteiger partial charge is 0.392 e. The molecule has 0 aromatic heterocycles. The maximum Gasteiger partial charge on any atom is 0.392 e. The standard InChI is InChI=1S/C9H13F3/c1-2-7-4-3-5-8(6-7)9(10,11)12/h3-4,7-8H,2,5-6H2,1H3. The highest BCUT2D eigenvalue weighted by atomic mass is 19.4. The molecule has 2 atom stereocenters. The third-order valence-electron chi connectivity index (χ3n) is 2.40. The van der Waals surface area contributed by atoms with Gasteiger partial charge in [0.05, 0.1) is 5.92 Å². The van der Waals surface area contributed by atoms with E-state index in [1.54, 1.807) is 6.08 Å². The highest BCUT2D eigenvalue weighted by Crippen LogP contribution is 2.37. The lowest BCUT2D eigenvalue weighted by Gasteiger charge is -2.25. The molecule has 0 aliphatic heterocycles. The molecule has 0 saturated heterocycles. The normalized spacial score (nSPS) is 30.7. The smallest absolute Gasteiger partial charge is 0.171 e. The Morgan fingerprint density at radius 1 is 1.42 bits per heavy atom. The molecule has 0 spiro atoms. The Kier molecular flexibility index (Phi) is 2.80. The first kappa shape index (κ1) is 9.62. The number of allylic oxidation sites excluding steroid dienone is 2. The molecular formula is C9H13F3. The van der Waals surface area contributed by atoms with Gasteiger partial charge in [0.15, 0.2) is 0 Å². The van der Waals surface area contributed by atoms with E-state index in [0.717, 1.165) is 6.42 Å². The summed E-state index contributed by atoms with van der Waals surface area (Å²) in [5.74, 6) is -0.974. The summed E-state index contributed by atoms with van der Waals surface area (Å²) in [7, 11) is 0. The first-order chi connectivity index (χ1) is 5.54. The second-order valence-electron chi connectivity index (χ2n) is 3.31. The minimum Gasteiger partial charge on any atom is -0.171 e. The van der Waals surface area contributed by atoms with Crippen LogP contribution in [0.3, 0.4) is 0 Å². The van der Waals surface area contributed by atoms with Crippen LogP contribution >= 0.6 is 0 Å². The van der Waals surface area contributed by atoms with Crippen molar-refractivity contribution in [2.75, 3.05) is 0 Å². The Hall–Kier alpha value is -0.470. The van der Waals surface area contributed by atoms with Crippen molar-refractivity contribution in [1.82, 2.24) is 0 Å². The van der Waals surface area contributed by atoms with Crippen LogP contribution in [0, 0.1) is 11.8 Å². The zero-order valence-electron chi connectivity index (χ0n) is 7.06. The Balaban J connectivity index is 2.56. The molecule has 0 radical (unpaired) electrons. The SMILES string of the molecule is CCC1C=CCC(C(F)(F)F)C1. The molecule has 0 nitrogen and oxygen atoms in total. The molecule has 2 unspecified atom stereocenters. The molecule has 0 fully saturated rings. The zero-order valence-corrected chi connectivity index (χ0v) is 7.06. The van der Waals surface area contributed by atoms with E-state index >= 15 is 0 Å². The molecule has 1 aliphatic rings. The van der Waals surface area contributed by atoms with E-state index in [4.69, 9.17) is 0 Å². The molecule has 3 heteroatoms. The van der Waals surface area contributed by atoms with Gasteiger partial charge in [0.1, 0.15) is 0 Å². The molecule has 1 rings (SSSR count). The highest BCUT2D eigenvalue weighted by Gasteiger charge is 2.40. The molecule has 0 aromatic carbocycles. The molecule has 12 heavy (non-hydrogen) atoms. The van der Waals surface area contributed by atoms with Crippen LogP contribution in [0.25, 0.3) is 0 Å². The number of hydrogen-bond acceptors (Lipinski definition) is 0. The van der Waals surface area contributed by atoms with Gasteiger partial charge in [-0.15, -0.1) is 0 Å². The average Bonchev–Trinajstić information content (AvgIpc) is 2.03. The summed E-state index contributed by atoms with van der Waals surface area (Å²) in [4.78, 5) is 0. The van der Waals surface area contributed by atoms with Crippen molar-refractivity contribution in [2.45, 2.75) is 32.4 Å². The third kappa shape index (κ3) is 2.26. The average molecular weight is 178 g/mol. The van der Waals surface area contributed by atoms with Gasteiger partial charge in [0.2, 0.25) is 0 Å². The summed E-state index contributed by atoms with van der Waals surface area (Å²) in [6.45, 7) is 1.92. The van der Waals surface area contributed by atoms with Crippen molar-refractivity contribution in [3.8, 4) is 0 Å². The summed E-state index contributed by atoms with van der Waals surface area (Å²) in [5.41, 5.74) is 0. The monoisotopic (exact) mass is 178 g/mol. The fourth-order valence-corrected chi connectivity index (χ4v) is 1.55. The fraction of sp³-hybridized carbons (Fsp3) is 0.778. The first-order valence-corrected chi connectivity index (χ1v) is 4.27. The molecule has 0 amide bonds. The lowest BCUT2D eigenvalue weighted by molar-refractivity contribution is -0.178. The van der Waals surface area contributed by atoms with E-state index in [1.165, 1.54) is 0 Å². The van der Waals surface area contributed by atoms with E-state index in [1.807, 2.05) is 13.0 Å². The summed E-state index contributed by atoms with van der Waals surface area (Å²) >= 11 is 0. The van der Waals surface area contributed by atoms with Crippen molar-refractivity contribution in [1.29, 1.82) is 0 Å². The lowest BCUT2D eigenvalue weighted by atomic mass is 9.85. The third-order valence-corrected chi connectivity index (χ3v) is 2.40. The Labute approximate surface area is 70.5 Å². The molecule has 0 bridgehead atoms. The van der Waals surface area contributed by atoms with E-state index in [0.29, 0.717) is 0 Å². The van der Waals surface area contributed by atoms with Gasteiger partial charge in [0.25, 0.3) is 0 Å². The number of alkyl halides is 3. The van der Waals surface area contributed by atoms with Crippen LogP contribution in [-0.4, -0.2) is 6.18 Å². The van der Waals surface area contributed by atoms with Crippen molar-refractivity contribution in [3.05, 3.63) is 12.2 Å². The van der Waals surface area contributed by atoms with Crippen LogP contribution in [0.1, 0.15) is 26.2 Å². The van der Waals surface area contributed by atoms with Crippen LogP contribution in [0.15, 0.2) is 12.2 Å². The van der Waals surface area contributed by atoms with Gasteiger partial charge >= 0.3 is 6.18 Å². The molecule has 1 aliphatic carbocycles. The fourth-order valence-electron chi connectivity index (χ4n) is 1.55. The predicted molar refractivity (Wildman–Crippen MR) is 41.7 cm³/mol.